The lowest BCUT2D eigenvalue weighted by Gasteiger charge is -2.23. The van der Waals surface area contributed by atoms with Crippen LogP contribution in [0, 0.1) is 0 Å². The highest BCUT2D eigenvalue weighted by Crippen LogP contribution is 2.29. The fourth-order valence-corrected chi connectivity index (χ4v) is 2.93. The van der Waals surface area contributed by atoms with Crippen molar-refractivity contribution >= 4 is 11.9 Å². The lowest BCUT2D eigenvalue weighted by atomic mass is 10.0. The van der Waals surface area contributed by atoms with E-state index in [2.05, 4.69) is 9.97 Å². The number of nitrogens with one attached hydrogen (secondary N) is 1. The summed E-state index contributed by atoms with van der Waals surface area (Å²) in [6.45, 7) is -1.05. The molecular formula is C17H15F3N4O6. The number of carboxylic acid groups (broad SMARTS) is 1. The summed E-state index contributed by atoms with van der Waals surface area (Å²) in [4.78, 5) is 43.1. The van der Waals surface area contributed by atoms with Crippen LogP contribution in [0.1, 0.15) is 33.0 Å². The minimum atomic E-state index is -4.63. The van der Waals surface area contributed by atoms with Crippen molar-refractivity contribution in [3.05, 3.63) is 51.0 Å². The molecule has 3 N–H and O–H groups in total. The Morgan fingerprint density at radius 2 is 1.93 bits per heavy atom. The lowest BCUT2D eigenvalue weighted by Crippen LogP contribution is -2.38. The van der Waals surface area contributed by atoms with Gasteiger partial charge in [-0.25, -0.2) is 9.97 Å². The van der Waals surface area contributed by atoms with Crippen molar-refractivity contribution in [1.82, 2.24) is 19.9 Å². The van der Waals surface area contributed by atoms with Crippen LogP contribution < -0.4 is 10.9 Å². The molecule has 0 saturated heterocycles. The van der Waals surface area contributed by atoms with Crippen molar-refractivity contribution in [3.8, 4) is 5.75 Å². The van der Waals surface area contributed by atoms with Crippen LogP contribution in [0.15, 0.2) is 17.2 Å². The Morgan fingerprint density at radius 1 is 1.27 bits per heavy atom. The van der Waals surface area contributed by atoms with Crippen molar-refractivity contribution in [1.29, 1.82) is 0 Å². The van der Waals surface area contributed by atoms with Gasteiger partial charge in [-0.2, -0.15) is 13.2 Å². The van der Waals surface area contributed by atoms with Crippen LogP contribution in [0.2, 0.25) is 0 Å². The number of aromatic hydroxyl groups is 1. The minimum Gasteiger partial charge on any atom is -0.506 e. The van der Waals surface area contributed by atoms with Gasteiger partial charge in [0.25, 0.3) is 11.5 Å². The highest BCUT2D eigenvalue weighted by atomic mass is 19.4. The number of pyridine rings is 1. The van der Waals surface area contributed by atoms with Gasteiger partial charge in [0.2, 0.25) is 0 Å². The Balaban J connectivity index is 2.05. The number of ether oxygens (including phenoxy) is 1. The van der Waals surface area contributed by atoms with Crippen molar-refractivity contribution in [2.75, 3.05) is 13.2 Å². The number of rotatable bonds is 5. The molecule has 2 aromatic rings. The maximum Gasteiger partial charge on any atom is 0.419 e. The first-order valence-corrected chi connectivity index (χ1v) is 8.53. The molecule has 13 heteroatoms. The van der Waals surface area contributed by atoms with Crippen LogP contribution in [-0.2, 0) is 35.3 Å². The third kappa shape index (κ3) is 4.25. The largest absolute Gasteiger partial charge is 0.506 e. The number of alkyl halides is 3. The van der Waals surface area contributed by atoms with Crippen LogP contribution in [0.3, 0.4) is 0 Å². The minimum absolute atomic E-state index is 0.117. The summed E-state index contributed by atoms with van der Waals surface area (Å²) in [7, 11) is 0. The molecule has 0 bridgehead atoms. The maximum absolute atomic E-state index is 12.9. The predicted octanol–water partition coefficient (Wildman–Crippen LogP) is 0.298. The van der Waals surface area contributed by atoms with E-state index < -0.39 is 47.0 Å². The Labute approximate surface area is 166 Å². The van der Waals surface area contributed by atoms with E-state index in [1.807, 2.05) is 5.32 Å². The number of carbonyl (C=O) groups excluding carboxylic acids is 1. The number of carbonyl (C=O) groups is 2. The van der Waals surface area contributed by atoms with Gasteiger partial charge in [-0.1, -0.05) is 0 Å². The molecule has 30 heavy (non-hydrogen) atoms. The van der Waals surface area contributed by atoms with Crippen molar-refractivity contribution in [2.45, 2.75) is 25.7 Å². The Kier molecular flexibility index (Phi) is 5.73. The molecule has 0 atom stereocenters. The number of aliphatic carboxylic acids is 1. The molecule has 2 aromatic heterocycles. The highest BCUT2D eigenvalue weighted by Gasteiger charge is 2.32. The van der Waals surface area contributed by atoms with E-state index >= 15 is 0 Å². The van der Waals surface area contributed by atoms with E-state index in [1.165, 1.54) is 0 Å². The van der Waals surface area contributed by atoms with E-state index in [0.29, 0.717) is 18.1 Å². The van der Waals surface area contributed by atoms with Gasteiger partial charge in [-0.15, -0.1) is 0 Å². The molecule has 0 radical (unpaired) electrons. The summed E-state index contributed by atoms with van der Waals surface area (Å²) in [5.74, 6) is -3.23. The van der Waals surface area contributed by atoms with E-state index in [1.54, 1.807) is 0 Å². The molecule has 1 aliphatic rings. The normalized spacial score (nSPS) is 13.6. The smallest absolute Gasteiger partial charge is 0.419 e. The van der Waals surface area contributed by atoms with Crippen LogP contribution >= 0.6 is 0 Å². The van der Waals surface area contributed by atoms with Gasteiger partial charge < -0.3 is 24.8 Å². The van der Waals surface area contributed by atoms with Gasteiger partial charge >= 0.3 is 12.1 Å². The Bertz CT molecular complexity index is 1050. The molecule has 1 amide bonds. The predicted molar refractivity (Wildman–Crippen MR) is 91.8 cm³/mol. The standard InChI is InChI=1S/C17H15F3N4O6/c18-17(19,20)8-3-21-11(22-4-8)6-24-10-1-2-30-7-9(10)14(27)13(16(24)29)15(28)23-5-12(25)26/h3-4,27H,1-2,5-7H2,(H,23,28)(H,25,26). The molecule has 3 heterocycles. The molecule has 1 aliphatic heterocycles. The molecular weight excluding hydrogens is 413 g/mol. The summed E-state index contributed by atoms with van der Waals surface area (Å²) >= 11 is 0. The van der Waals surface area contributed by atoms with Crippen LogP contribution in [0.25, 0.3) is 0 Å². The summed E-state index contributed by atoms with van der Waals surface area (Å²) in [6.07, 6.45) is -3.29. The first kappa shape index (κ1) is 21.2. The number of carboxylic acids is 1. The zero-order valence-corrected chi connectivity index (χ0v) is 15.2. The molecule has 0 fully saturated rings. The van der Waals surface area contributed by atoms with Gasteiger partial charge in [0.1, 0.15) is 23.7 Å². The lowest BCUT2D eigenvalue weighted by molar-refractivity contribution is -0.138. The number of nitrogens with zero attached hydrogens (tertiary/aromatic N) is 3. The van der Waals surface area contributed by atoms with Crippen LogP contribution in [0.5, 0.6) is 5.75 Å². The van der Waals surface area contributed by atoms with Gasteiger partial charge in [-0.05, 0) is 0 Å². The van der Waals surface area contributed by atoms with E-state index in [4.69, 9.17) is 9.84 Å². The number of halogens is 3. The second-order valence-electron chi connectivity index (χ2n) is 6.30. The van der Waals surface area contributed by atoms with Gasteiger partial charge in [0, 0.05) is 30.1 Å². The average Bonchev–Trinajstić information content (AvgIpc) is 2.69. The number of fused-ring (bicyclic) bond motifs is 1. The quantitative estimate of drug-likeness (QED) is 0.617. The van der Waals surface area contributed by atoms with Crippen LogP contribution in [0.4, 0.5) is 13.2 Å². The van der Waals surface area contributed by atoms with E-state index in [-0.39, 0.29) is 37.6 Å². The molecule has 10 nitrogen and oxygen atoms in total. The summed E-state index contributed by atoms with van der Waals surface area (Å²) in [5.41, 5.74) is -2.25. The molecule has 0 aromatic carbocycles. The van der Waals surface area contributed by atoms with Gasteiger partial charge in [0.15, 0.2) is 0 Å². The molecule has 0 aliphatic carbocycles. The molecule has 160 valence electrons. The van der Waals surface area contributed by atoms with E-state index in [0.717, 1.165) is 4.57 Å². The summed E-state index contributed by atoms with van der Waals surface area (Å²) in [6, 6.07) is 0. The number of hydrogen-bond acceptors (Lipinski definition) is 7. The zero-order chi connectivity index (χ0) is 22.1. The molecule has 0 saturated carbocycles. The van der Waals surface area contributed by atoms with Crippen molar-refractivity contribution in [3.63, 3.8) is 0 Å². The molecule has 0 unspecified atom stereocenters. The second-order valence-corrected chi connectivity index (χ2v) is 6.30. The number of hydrogen-bond donors (Lipinski definition) is 3. The fourth-order valence-electron chi connectivity index (χ4n) is 2.93. The zero-order valence-electron chi connectivity index (χ0n) is 15.2. The topological polar surface area (TPSA) is 144 Å². The first-order valence-electron chi connectivity index (χ1n) is 8.53. The van der Waals surface area contributed by atoms with Crippen molar-refractivity contribution < 1.29 is 37.7 Å². The van der Waals surface area contributed by atoms with Gasteiger partial charge in [-0.3, -0.25) is 14.4 Å². The van der Waals surface area contributed by atoms with Gasteiger partial charge in [0.05, 0.1) is 25.3 Å². The fraction of sp³-hybridized carbons (Fsp3) is 0.353. The number of aromatic nitrogens is 3. The second kappa shape index (κ2) is 8.10. The van der Waals surface area contributed by atoms with E-state index in [9.17, 15) is 32.7 Å². The summed E-state index contributed by atoms with van der Waals surface area (Å²) < 4.78 is 44.4. The third-order valence-corrected chi connectivity index (χ3v) is 4.34. The first-order chi connectivity index (χ1) is 14.1. The highest BCUT2D eigenvalue weighted by molar-refractivity contribution is 5.98. The Hall–Kier alpha value is -3.48. The van der Waals surface area contributed by atoms with Crippen LogP contribution in [-0.4, -0.2) is 49.8 Å². The maximum atomic E-state index is 12.9. The monoisotopic (exact) mass is 428 g/mol. The number of amides is 1. The Morgan fingerprint density at radius 3 is 2.53 bits per heavy atom. The SMILES string of the molecule is O=C(O)CNC(=O)c1c(O)c2c(n(Cc3ncc(C(F)(F)F)cn3)c1=O)CCOC2. The summed E-state index contributed by atoms with van der Waals surface area (Å²) in [5, 5.41) is 21.1. The third-order valence-electron chi connectivity index (χ3n) is 4.34. The molecule has 3 rings (SSSR count). The van der Waals surface area contributed by atoms with Crippen molar-refractivity contribution in [2.24, 2.45) is 0 Å². The molecule has 0 spiro atoms. The average molecular weight is 428 g/mol.